The molecule has 4 heterocycles. The first-order chi connectivity index (χ1) is 15.5. The molecule has 0 saturated carbocycles. The quantitative estimate of drug-likeness (QED) is 0.454. The summed E-state index contributed by atoms with van der Waals surface area (Å²) in [5.74, 6) is 0.834. The fraction of sp³-hybridized carbons (Fsp3) is 0.130. The van der Waals surface area contributed by atoms with Gasteiger partial charge in [-0.2, -0.15) is 0 Å². The molecule has 0 fully saturated rings. The van der Waals surface area contributed by atoms with Gasteiger partial charge >= 0.3 is 0 Å². The Kier molecular flexibility index (Phi) is 4.70. The summed E-state index contributed by atoms with van der Waals surface area (Å²) >= 11 is 0. The van der Waals surface area contributed by atoms with Gasteiger partial charge in [0.1, 0.15) is 29.0 Å². The van der Waals surface area contributed by atoms with Crippen molar-refractivity contribution in [3.8, 4) is 5.69 Å². The summed E-state index contributed by atoms with van der Waals surface area (Å²) in [4.78, 5) is 46.4. The maximum Gasteiger partial charge on any atom is 0.266 e. The van der Waals surface area contributed by atoms with Gasteiger partial charge in [-0.1, -0.05) is 12.1 Å². The van der Waals surface area contributed by atoms with E-state index in [0.29, 0.717) is 39.3 Å². The van der Waals surface area contributed by atoms with Crippen LogP contribution >= 0.6 is 0 Å². The van der Waals surface area contributed by atoms with Gasteiger partial charge in [0.2, 0.25) is 0 Å². The van der Waals surface area contributed by atoms with Crippen molar-refractivity contribution in [2.75, 3.05) is 5.32 Å². The molecule has 9 heteroatoms. The number of rotatable bonds is 4. The Bertz CT molecular complexity index is 1570. The molecule has 0 aliphatic heterocycles. The maximum atomic E-state index is 13.6. The molecule has 2 N–H and O–H groups in total. The number of nitrogens with zero attached hydrogens (tertiary/aromatic N) is 5. The van der Waals surface area contributed by atoms with Crippen LogP contribution in [0.2, 0.25) is 0 Å². The molecule has 9 nitrogen and oxygen atoms in total. The monoisotopic (exact) mass is 425 g/mol. The Morgan fingerprint density at radius 1 is 1.06 bits per heavy atom. The molecular weight excluding hydrogens is 406 g/mol. The topological polar surface area (TPSA) is 118 Å². The minimum atomic E-state index is -0.467. The zero-order valence-electron chi connectivity index (χ0n) is 17.4. The highest BCUT2D eigenvalue weighted by Gasteiger charge is 2.20. The fourth-order valence-corrected chi connectivity index (χ4v) is 3.83. The molecule has 0 bridgehead atoms. The first-order valence-corrected chi connectivity index (χ1v) is 10.1. The van der Waals surface area contributed by atoms with Crippen LogP contribution in [0.15, 0.2) is 70.9 Å². The van der Waals surface area contributed by atoms with Gasteiger partial charge in [0, 0.05) is 18.5 Å². The predicted molar refractivity (Wildman–Crippen MR) is 122 cm³/mol. The third-order valence-electron chi connectivity index (χ3n) is 5.32. The molecule has 32 heavy (non-hydrogen) atoms. The van der Waals surface area contributed by atoms with Gasteiger partial charge in [0.25, 0.3) is 5.56 Å². The molecule has 0 amide bonds. The summed E-state index contributed by atoms with van der Waals surface area (Å²) < 4.78 is 1.55. The van der Waals surface area contributed by atoms with E-state index in [1.807, 2.05) is 32.0 Å². The molecule has 4 aromatic heterocycles. The van der Waals surface area contributed by atoms with E-state index in [-0.39, 0.29) is 11.0 Å². The number of benzene rings is 1. The lowest BCUT2D eigenvalue weighted by atomic mass is 10.1. The second-order valence-corrected chi connectivity index (χ2v) is 7.44. The van der Waals surface area contributed by atoms with Gasteiger partial charge in [-0.25, -0.2) is 15.0 Å². The van der Waals surface area contributed by atoms with E-state index in [0.717, 1.165) is 5.56 Å². The summed E-state index contributed by atoms with van der Waals surface area (Å²) in [6.45, 7) is 3.75. The van der Waals surface area contributed by atoms with Crippen molar-refractivity contribution in [2.24, 2.45) is 0 Å². The molecule has 1 atom stereocenters. The number of fused-ring (bicyclic) bond motifs is 2. The van der Waals surface area contributed by atoms with E-state index >= 15 is 0 Å². The zero-order chi connectivity index (χ0) is 22.2. The van der Waals surface area contributed by atoms with Crippen molar-refractivity contribution in [3.05, 3.63) is 93.3 Å². The van der Waals surface area contributed by atoms with Crippen LogP contribution in [-0.2, 0) is 0 Å². The number of aromatic amines is 1. The molecule has 0 aliphatic rings. The molecule has 0 radical (unpaired) electrons. The van der Waals surface area contributed by atoms with Gasteiger partial charge in [-0.05, 0) is 37.6 Å². The smallest absolute Gasteiger partial charge is 0.266 e. The van der Waals surface area contributed by atoms with E-state index in [1.54, 1.807) is 29.1 Å². The number of H-pyrrole nitrogens is 1. The summed E-state index contributed by atoms with van der Waals surface area (Å²) in [5, 5.41) is 4.14. The first kappa shape index (κ1) is 19.6. The van der Waals surface area contributed by atoms with Crippen LogP contribution in [0.4, 0.5) is 5.82 Å². The lowest BCUT2D eigenvalue weighted by Gasteiger charge is -2.20. The number of aryl methyl sites for hydroxylation is 1. The molecule has 0 aliphatic carbocycles. The van der Waals surface area contributed by atoms with Crippen molar-refractivity contribution in [3.63, 3.8) is 0 Å². The first-order valence-electron chi connectivity index (χ1n) is 10.1. The highest BCUT2D eigenvalue weighted by atomic mass is 16.1. The SMILES string of the molecule is Cc1cccc2nc([C@H](C)Nc3ncnc4[nH]ccc(=O)c34)n(-c3cccnc3)c(=O)c12. The molecule has 0 unspecified atom stereocenters. The van der Waals surface area contributed by atoms with Gasteiger partial charge in [-0.15, -0.1) is 0 Å². The van der Waals surface area contributed by atoms with E-state index < -0.39 is 6.04 Å². The Balaban J connectivity index is 1.72. The van der Waals surface area contributed by atoms with Crippen LogP contribution in [0.25, 0.3) is 27.6 Å². The Morgan fingerprint density at radius 2 is 1.94 bits per heavy atom. The minimum absolute atomic E-state index is 0.185. The van der Waals surface area contributed by atoms with Crippen LogP contribution in [0.5, 0.6) is 0 Å². The van der Waals surface area contributed by atoms with Crippen molar-refractivity contribution >= 4 is 27.8 Å². The Morgan fingerprint density at radius 3 is 2.75 bits per heavy atom. The minimum Gasteiger partial charge on any atom is -0.360 e. The van der Waals surface area contributed by atoms with Crippen molar-refractivity contribution in [2.45, 2.75) is 19.9 Å². The van der Waals surface area contributed by atoms with E-state index in [1.165, 1.54) is 18.6 Å². The van der Waals surface area contributed by atoms with Gasteiger partial charge in [0.15, 0.2) is 5.43 Å². The summed E-state index contributed by atoms with van der Waals surface area (Å²) in [6.07, 6.45) is 6.18. The maximum absolute atomic E-state index is 13.6. The van der Waals surface area contributed by atoms with Crippen LogP contribution in [0, 0.1) is 6.92 Å². The number of aromatic nitrogens is 6. The number of nitrogens with one attached hydrogen (secondary N) is 2. The number of hydrogen-bond donors (Lipinski definition) is 2. The number of hydrogen-bond acceptors (Lipinski definition) is 7. The largest absolute Gasteiger partial charge is 0.360 e. The lowest BCUT2D eigenvalue weighted by Crippen LogP contribution is -2.28. The average molecular weight is 425 g/mol. The molecule has 1 aromatic carbocycles. The highest BCUT2D eigenvalue weighted by Crippen LogP contribution is 2.23. The van der Waals surface area contributed by atoms with Crippen molar-refractivity contribution in [1.29, 1.82) is 0 Å². The molecule has 5 aromatic rings. The van der Waals surface area contributed by atoms with Crippen molar-refractivity contribution in [1.82, 2.24) is 29.5 Å². The normalized spacial score (nSPS) is 12.2. The Labute approximate surface area is 181 Å². The van der Waals surface area contributed by atoms with Crippen LogP contribution in [0.3, 0.4) is 0 Å². The predicted octanol–water partition coefficient (Wildman–Crippen LogP) is 2.89. The second-order valence-electron chi connectivity index (χ2n) is 7.44. The van der Waals surface area contributed by atoms with E-state index in [4.69, 9.17) is 4.98 Å². The average Bonchev–Trinajstić information content (AvgIpc) is 2.79. The molecule has 158 valence electrons. The molecule has 0 saturated heterocycles. The van der Waals surface area contributed by atoms with E-state index in [9.17, 15) is 9.59 Å². The summed E-state index contributed by atoms with van der Waals surface area (Å²) in [7, 11) is 0. The van der Waals surface area contributed by atoms with Crippen LogP contribution in [-0.4, -0.2) is 29.5 Å². The van der Waals surface area contributed by atoms with Crippen LogP contribution < -0.4 is 16.3 Å². The van der Waals surface area contributed by atoms with Gasteiger partial charge < -0.3 is 10.3 Å². The lowest BCUT2D eigenvalue weighted by molar-refractivity contribution is 0.730. The fourth-order valence-electron chi connectivity index (χ4n) is 3.83. The molecule has 5 rings (SSSR count). The Hall–Kier alpha value is -4.40. The summed E-state index contributed by atoms with van der Waals surface area (Å²) in [6, 6.07) is 10.1. The molecule has 0 spiro atoms. The highest BCUT2D eigenvalue weighted by molar-refractivity contribution is 5.86. The van der Waals surface area contributed by atoms with Crippen molar-refractivity contribution < 1.29 is 0 Å². The second kappa shape index (κ2) is 7.69. The zero-order valence-corrected chi connectivity index (χ0v) is 17.4. The van der Waals surface area contributed by atoms with E-state index in [2.05, 4.69) is 25.3 Å². The van der Waals surface area contributed by atoms with Gasteiger partial charge in [-0.3, -0.25) is 19.1 Å². The summed E-state index contributed by atoms with van der Waals surface area (Å²) in [5.41, 5.74) is 2.08. The van der Waals surface area contributed by atoms with Crippen LogP contribution in [0.1, 0.15) is 24.4 Å². The number of pyridine rings is 2. The number of anilines is 1. The third-order valence-corrected chi connectivity index (χ3v) is 5.32. The molecular formula is C23H19N7O2. The standard InChI is InChI=1S/C23H19N7O2/c1-13-5-3-7-16-18(13)23(32)30(15-6-4-9-24-11-15)22(29-16)14(2)28-21-19-17(31)8-10-25-20(19)26-12-27-21/h3-12,14H,1-2H3,(H2,25,26,27,28,31)/t14-/m0/s1. The third kappa shape index (κ3) is 3.20. The van der Waals surface area contributed by atoms with Gasteiger partial charge in [0.05, 0.1) is 28.8 Å².